The Kier molecular flexibility index (Phi) is 6.14. The van der Waals surface area contributed by atoms with E-state index in [0.717, 1.165) is 11.8 Å². The zero-order chi connectivity index (χ0) is 9.56. The summed E-state index contributed by atoms with van der Waals surface area (Å²) in [5.74, 6) is 1.54. The van der Waals surface area contributed by atoms with Gasteiger partial charge in [0.05, 0.1) is 0 Å². The molecule has 0 saturated carbocycles. The van der Waals surface area contributed by atoms with E-state index in [1.165, 1.54) is 31.3 Å². The molecular weight excluding hydrogens is 144 g/mol. The molecule has 0 saturated heterocycles. The van der Waals surface area contributed by atoms with Crippen molar-refractivity contribution in [2.75, 3.05) is 0 Å². The van der Waals surface area contributed by atoms with Crippen LogP contribution in [0.2, 0.25) is 0 Å². The topological polar surface area (TPSA) is 0 Å². The van der Waals surface area contributed by atoms with Gasteiger partial charge in [0, 0.05) is 0 Å². The van der Waals surface area contributed by atoms with Gasteiger partial charge >= 0.3 is 0 Å². The van der Waals surface area contributed by atoms with Crippen LogP contribution >= 0.6 is 0 Å². The van der Waals surface area contributed by atoms with E-state index in [4.69, 9.17) is 0 Å². The summed E-state index contributed by atoms with van der Waals surface area (Å²) in [5, 5.41) is 0. The lowest BCUT2D eigenvalue weighted by molar-refractivity contribution is 0.499. The van der Waals surface area contributed by atoms with Crippen LogP contribution in [0.3, 0.4) is 0 Å². The van der Waals surface area contributed by atoms with E-state index >= 15 is 0 Å². The normalized spacial score (nSPS) is 15.7. The molecule has 0 aliphatic rings. The molecule has 0 aliphatic heterocycles. The first-order valence-corrected chi connectivity index (χ1v) is 5.29. The summed E-state index contributed by atoms with van der Waals surface area (Å²) in [6.45, 7) is 13.3. The maximum absolute atomic E-state index is 4.16. The third-order valence-corrected chi connectivity index (χ3v) is 2.73. The minimum atomic E-state index is 0.726. The molecule has 0 aromatic carbocycles. The molecule has 0 heteroatoms. The molecule has 0 N–H and O–H groups in total. The summed E-state index contributed by atoms with van der Waals surface area (Å²) in [6, 6.07) is 0. The Balaban J connectivity index is 3.70. The fraction of sp³-hybridized carbons (Fsp3) is 0.833. The predicted octanol–water partition coefficient (Wildman–Crippen LogP) is 4.42. The molecule has 0 aromatic rings. The van der Waals surface area contributed by atoms with Crippen molar-refractivity contribution >= 4 is 0 Å². The lowest BCUT2D eigenvalue weighted by atomic mass is 9.89. The van der Waals surface area contributed by atoms with E-state index in [1.807, 2.05) is 0 Å². The number of allylic oxidation sites excluding steroid dienone is 1. The SMILES string of the molecule is C=C(CC(C)CC)C(C)CCC. The first kappa shape index (κ1) is 11.7. The monoisotopic (exact) mass is 168 g/mol. The molecule has 0 nitrogen and oxygen atoms in total. The predicted molar refractivity (Wildman–Crippen MR) is 57.3 cm³/mol. The molecule has 0 heterocycles. The molecule has 2 atom stereocenters. The molecule has 0 amide bonds. The highest BCUT2D eigenvalue weighted by atomic mass is 14.1. The van der Waals surface area contributed by atoms with Crippen LogP contribution in [0.15, 0.2) is 12.2 Å². The van der Waals surface area contributed by atoms with Crippen molar-refractivity contribution in [3.05, 3.63) is 12.2 Å². The average molecular weight is 168 g/mol. The van der Waals surface area contributed by atoms with Crippen LogP contribution in [0.1, 0.15) is 53.4 Å². The molecule has 2 unspecified atom stereocenters. The largest absolute Gasteiger partial charge is 0.0996 e. The molecule has 0 aromatic heterocycles. The fourth-order valence-corrected chi connectivity index (χ4v) is 1.43. The van der Waals surface area contributed by atoms with Crippen molar-refractivity contribution in [2.45, 2.75) is 53.4 Å². The van der Waals surface area contributed by atoms with Crippen molar-refractivity contribution in [1.29, 1.82) is 0 Å². The molecule has 0 bridgehead atoms. The summed E-state index contributed by atoms with van der Waals surface area (Å²) < 4.78 is 0. The Morgan fingerprint density at radius 3 is 2.25 bits per heavy atom. The van der Waals surface area contributed by atoms with E-state index in [-0.39, 0.29) is 0 Å². The first-order chi connectivity index (χ1) is 5.61. The number of hydrogen-bond donors (Lipinski definition) is 0. The third-order valence-electron chi connectivity index (χ3n) is 2.73. The van der Waals surface area contributed by atoms with Gasteiger partial charge in [-0.2, -0.15) is 0 Å². The standard InChI is InChI=1S/C12H24/c1-6-8-11(4)12(5)9-10(3)7-2/h10-11H,5-9H2,1-4H3. The second-order valence-corrected chi connectivity index (χ2v) is 4.07. The quantitative estimate of drug-likeness (QED) is 0.515. The van der Waals surface area contributed by atoms with Gasteiger partial charge in [-0.05, 0) is 24.7 Å². The van der Waals surface area contributed by atoms with Gasteiger partial charge in [0.2, 0.25) is 0 Å². The summed E-state index contributed by atoms with van der Waals surface area (Å²) in [7, 11) is 0. The van der Waals surface area contributed by atoms with Crippen LogP contribution in [0.5, 0.6) is 0 Å². The van der Waals surface area contributed by atoms with Gasteiger partial charge in [0.1, 0.15) is 0 Å². The Labute approximate surface area is 78.1 Å². The molecule has 72 valence electrons. The number of hydrogen-bond acceptors (Lipinski definition) is 0. The van der Waals surface area contributed by atoms with Gasteiger partial charge in [-0.3, -0.25) is 0 Å². The van der Waals surface area contributed by atoms with Crippen molar-refractivity contribution in [2.24, 2.45) is 11.8 Å². The molecule has 0 fully saturated rings. The summed E-state index contributed by atoms with van der Waals surface area (Å²) >= 11 is 0. The molecular formula is C12H24. The lowest BCUT2D eigenvalue weighted by Gasteiger charge is -2.16. The molecule has 0 aliphatic carbocycles. The van der Waals surface area contributed by atoms with Crippen LogP contribution in [-0.4, -0.2) is 0 Å². The molecule has 12 heavy (non-hydrogen) atoms. The zero-order valence-electron chi connectivity index (χ0n) is 9.19. The summed E-state index contributed by atoms with van der Waals surface area (Å²) in [5.41, 5.74) is 1.45. The lowest BCUT2D eigenvalue weighted by Crippen LogP contribution is -2.02. The molecule has 0 spiro atoms. The van der Waals surface area contributed by atoms with Crippen LogP contribution in [-0.2, 0) is 0 Å². The second kappa shape index (κ2) is 6.28. The van der Waals surface area contributed by atoms with E-state index in [9.17, 15) is 0 Å². The Bertz CT molecular complexity index is 124. The average Bonchev–Trinajstić information content (AvgIpc) is 2.04. The van der Waals surface area contributed by atoms with Gasteiger partial charge in [-0.25, -0.2) is 0 Å². The number of rotatable bonds is 6. The Hall–Kier alpha value is -0.260. The van der Waals surface area contributed by atoms with Crippen molar-refractivity contribution in [1.82, 2.24) is 0 Å². The van der Waals surface area contributed by atoms with Gasteiger partial charge in [-0.15, -0.1) is 0 Å². The van der Waals surface area contributed by atoms with Crippen molar-refractivity contribution < 1.29 is 0 Å². The van der Waals surface area contributed by atoms with Crippen LogP contribution in [0.4, 0.5) is 0 Å². The smallest absolute Gasteiger partial charge is 0.0234 e. The van der Waals surface area contributed by atoms with Gasteiger partial charge in [0.25, 0.3) is 0 Å². The van der Waals surface area contributed by atoms with E-state index in [0.29, 0.717) is 0 Å². The summed E-state index contributed by atoms with van der Waals surface area (Å²) in [6.07, 6.45) is 5.07. The maximum atomic E-state index is 4.16. The second-order valence-electron chi connectivity index (χ2n) is 4.07. The van der Waals surface area contributed by atoms with Crippen LogP contribution < -0.4 is 0 Å². The zero-order valence-corrected chi connectivity index (χ0v) is 9.19. The van der Waals surface area contributed by atoms with Crippen molar-refractivity contribution in [3.63, 3.8) is 0 Å². The van der Waals surface area contributed by atoms with Gasteiger partial charge in [0.15, 0.2) is 0 Å². The maximum Gasteiger partial charge on any atom is -0.0234 e. The molecule has 0 radical (unpaired) electrons. The first-order valence-electron chi connectivity index (χ1n) is 5.29. The van der Waals surface area contributed by atoms with Gasteiger partial charge in [-0.1, -0.05) is 52.7 Å². The fourth-order valence-electron chi connectivity index (χ4n) is 1.43. The van der Waals surface area contributed by atoms with E-state index in [2.05, 4.69) is 34.3 Å². The third kappa shape index (κ3) is 4.58. The minimum absolute atomic E-state index is 0.726. The highest BCUT2D eigenvalue weighted by molar-refractivity contribution is 4.99. The highest BCUT2D eigenvalue weighted by Crippen LogP contribution is 2.22. The van der Waals surface area contributed by atoms with Crippen LogP contribution in [0.25, 0.3) is 0 Å². The van der Waals surface area contributed by atoms with Gasteiger partial charge < -0.3 is 0 Å². The summed E-state index contributed by atoms with van der Waals surface area (Å²) in [4.78, 5) is 0. The van der Waals surface area contributed by atoms with Crippen LogP contribution in [0, 0.1) is 11.8 Å². The highest BCUT2D eigenvalue weighted by Gasteiger charge is 2.08. The molecule has 0 rings (SSSR count). The Morgan fingerprint density at radius 1 is 1.25 bits per heavy atom. The van der Waals surface area contributed by atoms with Crippen molar-refractivity contribution in [3.8, 4) is 0 Å². The van der Waals surface area contributed by atoms with E-state index < -0.39 is 0 Å². The minimum Gasteiger partial charge on any atom is -0.0996 e. The Morgan fingerprint density at radius 2 is 1.83 bits per heavy atom. The van der Waals surface area contributed by atoms with E-state index in [1.54, 1.807) is 0 Å².